The summed E-state index contributed by atoms with van der Waals surface area (Å²) in [5, 5.41) is 27.8. The highest BCUT2D eigenvalue weighted by Gasteiger charge is 2.40. The third-order valence-electron chi connectivity index (χ3n) is 3.75. The van der Waals surface area contributed by atoms with Gasteiger partial charge in [0.2, 0.25) is 0 Å². The van der Waals surface area contributed by atoms with Crippen molar-refractivity contribution in [1.29, 1.82) is 0 Å². The number of amides is 2. The van der Waals surface area contributed by atoms with Crippen molar-refractivity contribution in [3.8, 4) is 0 Å². The van der Waals surface area contributed by atoms with E-state index in [2.05, 4.69) is 10.6 Å². The van der Waals surface area contributed by atoms with Gasteiger partial charge in [0.15, 0.2) is 6.04 Å². The molecule has 0 spiro atoms. The number of nitrogens with zero attached hydrogens (tertiary/aromatic N) is 2. The Balaban J connectivity index is 2.24. The maximum Gasteiger partial charge on any atom is 0.320 e. The summed E-state index contributed by atoms with van der Waals surface area (Å²) in [6, 6.07) is 12.0. The molecule has 2 amide bonds. The van der Waals surface area contributed by atoms with Crippen LogP contribution in [-0.2, 0) is 0 Å². The van der Waals surface area contributed by atoms with E-state index in [0.29, 0.717) is 5.56 Å². The molecule has 1 unspecified atom stereocenters. The molecule has 1 atom stereocenters. The third kappa shape index (κ3) is 3.02. The van der Waals surface area contributed by atoms with Crippen molar-refractivity contribution in [2.24, 2.45) is 0 Å². The van der Waals surface area contributed by atoms with Crippen LogP contribution in [0.1, 0.15) is 17.2 Å². The van der Waals surface area contributed by atoms with Crippen LogP contribution in [0.15, 0.2) is 60.3 Å². The molecule has 2 N–H and O–H groups in total. The number of para-hydroxylation sites is 1. The van der Waals surface area contributed by atoms with Gasteiger partial charge in [-0.2, -0.15) is 0 Å². The lowest BCUT2D eigenvalue weighted by Crippen LogP contribution is -2.45. The van der Waals surface area contributed by atoms with E-state index in [-0.39, 0.29) is 22.6 Å². The first-order valence-corrected chi connectivity index (χ1v) is 7.24. The second-order valence-corrected chi connectivity index (χ2v) is 5.23. The lowest BCUT2D eigenvalue weighted by atomic mass is 9.97. The molecule has 0 saturated heterocycles. The lowest BCUT2D eigenvalue weighted by Gasteiger charge is -2.24. The number of carbonyl (C=O) groups excluding carboxylic acids is 1. The van der Waals surface area contributed by atoms with Crippen molar-refractivity contribution in [3.05, 3.63) is 91.6 Å². The van der Waals surface area contributed by atoms with Crippen LogP contribution in [-0.4, -0.2) is 15.9 Å². The van der Waals surface area contributed by atoms with E-state index in [4.69, 9.17) is 0 Å². The van der Waals surface area contributed by atoms with Crippen LogP contribution < -0.4 is 10.6 Å². The van der Waals surface area contributed by atoms with Crippen molar-refractivity contribution >= 4 is 17.4 Å². The number of nitro groups is 2. The van der Waals surface area contributed by atoms with E-state index >= 15 is 0 Å². The molecule has 9 heteroatoms. The summed E-state index contributed by atoms with van der Waals surface area (Å²) in [6.07, 6.45) is 0. The summed E-state index contributed by atoms with van der Waals surface area (Å²) < 4.78 is 0. The number of benzene rings is 2. The monoisotopic (exact) mass is 340 g/mol. The molecule has 1 aliphatic heterocycles. The van der Waals surface area contributed by atoms with Crippen LogP contribution in [0.3, 0.4) is 0 Å². The molecule has 9 nitrogen and oxygen atoms in total. The largest absolute Gasteiger partial charge is 0.321 e. The Bertz CT molecular complexity index is 894. The molecule has 0 aliphatic carbocycles. The minimum atomic E-state index is -1.25. The Labute approximate surface area is 141 Å². The molecule has 3 rings (SSSR count). The highest BCUT2D eigenvalue weighted by molar-refractivity contribution is 5.89. The van der Waals surface area contributed by atoms with E-state index in [1.165, 1.54) is 24.3 Å². The Morgan fingerprint density at radius 1 is 0.880 bits per heavy atom. The molecule has 2 aromatic rings. The van der Waals surface area contributed by atoms with Gasteiger partial charge in [-0.05, 0) is 6.07 Å². The van der Waals surface area contributed by atoms with E-state index in [1.54, 1.807) is 30.3 Å². The first kappa shape index (κ1) is 16.1. The molecular weight excluding hydrogens is 328 g/mol. The second-order valence-electron chi connectivity index (χ2n) is 5.23. The van der Waals surface area contributed by atoms with Gasteiger partial charge in [0.25, 0.3) is 11.4 Å². The van der Waals surface area contributed by atoms with Gasteiger partial charge >= 0.3 is 6.03 Å². The third-order valence-corrected chi connectivity index (χ3v) is 3.75. The summed E-state index contributed by atoms with van der Waals surface area (Å²) in [7, 11) is 0. The normalized spacial score (nSPS) is 16.8. The van der Waals surface area contributed by atoms with Crippen molar-refractivity contribution in [3.63, 3.8) is 0 Å². The standard InChI is InChI=1S/C16H12N4O5/c21-16-17-13(10-6-2-1-3-7-10)15(20(24)25)14(18-16)11-8-4-5-9-12(11)19(22)23/h1-9,14H,(H2,17,18,21). The number of nitrogens with one attached hydrogen (secondary N) is 2. The Morgan fingerprint density at radius 3 is 2.16 bits per heavy atom. The summed E-state index contributed by atoms with van der Waals surface area (Å²) in [5.41, 5.74) is -0.172. The van der Waals surface area contributed by atoms with Crippen LogP contribution >= 0.6 is 0 Å². The van der Waals surface area contributed by atoms with Crippen LogP contribution in [0, 0.1) is 20.2 Å². The van der Waals surface area contributed by atoms with Crippen LogP contribution in [0.5, 0.6) is 0 Å². The van der Waals surface area contributed by atoms with Crippen molar-refractivity contribution < 1.29 is 14.6 Å². The second kappa shape index (κ2) is 6.40. The van der Waals surface area contributed by atoms with E-state index in [1.807, 2.05) is 0 Å². The maximum absolute atomic E-state index is 12.0. The average molecular weight is 340 g/mol. The summed E-state index contributed by atoms with van der Waals surface area (Å²) in [4.78, 5) is 33.7. The fraction of sp³-hybridized carbons (Fsp3) is 0.0625. The molecule has 25 heavy (non-hydrogen) atoms. The fourth-order valence-corrected chi connectivity index (χ4v) is 2.70. The Hall–Kier alpha value is -3.75. The Kier molecular flexibility index (Phi) is 4.12. The molecule has 126 valence electrons. The highest BCUT2D eigenvalue weighted by atomic mass is 16.6. The molecule has 0 fully saturated rings. The molecule has 1 heterocycles. The van der Waals surface area contributed by atoms with Gasteiger partial charge in [-0.3, -0.25) is 20.2 Å². The number of hydrogen-bond donors (Lipinski definition) is 2. The first-order valence-electron chi connectivity index (χ1n) is 7.24. The van der Waals surface area contributed by atoms with E-state index in [9.17, 15) is 25.0 Å². The number of carbonyl (C=O) groups is 1. The zero-order chi connectivity index (χ0) is 18.0. The van der Waals surface area contributed by atoms with Crippen LogP contribution in [0.25, 0.3) is 5.70 Å². The minimum absolute atomic E-state index is 0.0116. The summed E-state index contributed by atoms with van der Waals surface area (Å²) in [5.74, 6) is 0. The zero-order valence-corrected chi connectivity index (χ0v) is 12.7. The van der Waals surface area contributed by atoms with Gasteiger partial charge in [0.05, 0.1) is 15.4 Å². The van der Waals surface area contributed by atoms with Crippen LogP contribution in [0.4, 0.5) is 10.5 Å². The number of hydrogen-bond acceptors (Lipinski definition) is 5. The van der Waals surface area contributed by atoms with Crippen molar-refractivity contribution in [1.82, 2.24) is 10.6 Å². The number of nitro benzene ring substituents is 1. The smallest absolute Gasteiger partial charge is 0.320 e. The van der Waals surface area contributed by atoms with Gasteiger partial charge in [-0.1, -0.05) is 42.5 Å². The molecule has 0 saturated carbocycles. The Morgan fingerprint density at radius 2 is 1.52 bits per heavy atom. The van der Waals surface area contributed by atoms with Gasteiger partial charge in [-0.15, -0.1) is 0 Å². The maximum atomic E-state index is 12.0. The molecule has 1 aliphatic rings. The lowest BCUT2D eigenvalue weighted by molar-refractivity contribution is -0.431. The molecule has 0 aromatic heterocycles. The molecule has 2 aromatic carbocycles. The SMILES string of the molecule is O=C1NC(c2ccccc2)=C([N+](=O)[O-])C(c2ccccc2[N+](=O)[O-])N1. The van der Waals surface area contributed by atoms with Crippen molar-refractivity contribution in [2.75, 3.05) is 0 Å². The van der Waals surface area contributed by atoms with Gasteiger partial charge < -0.3 is 10.6 Å². The van der Waals surface area contributed by atoms with E-state index < -0.39 is 21.9 Å². The van der Waals surface area contributed by atoms with E-state index in [0.717, 1.165) is 0 Å². The van der Waals surface area contributed by atoms with Crippen molar-refractivity contribution in [2.45, 2.75) is 6.04 Å². The zero-order valence-electron chi connectivity index (χ0n) is 12.7. The fourth-order valence-electron chi connectivity index (χ4n) is 2.70. The topological polar surface area (TPSA) is 127 Å². The number of urea groups is 1. The first-order chi connectivity index (χ1) is 12.0. The van der Waals surface area contributed by atoms with Gasteiger partial charge in [0.1, 0.15) is 5.70 Å². The summed E-state index contributed by atoms with van der Waals surface area (Å²) >= 11 is 0. The molecule has 0 radical (unpaired) electrons. The van der Waals surface area contributed by atoms with Gasteiger partial charge in [-0.25, -0.2) is 4.79 Å². The quantitative estimate of drug-likeness (QED) is 0.653. The number of rotatable bonds is 4. The van der Waals surface area contributed by atoms with Gasteiger partial charge in [0, 0.05) is 11.6 Å². The predicted octanol–water partition coefficient (Wildman–Crippen LogP) is 2.59. The molecule has 0 bridgehead atoms. The summed E-state index contributed by atoms with van der Waals surface area (Å²) in [6.45, 7) is 0. The minimum Gasteiger partial charge on any atom is -0.321 e. The molecular formula is C16H12N4O5. The van der Waals surface area contributed by atoms with Crippen LogP contribution in [0.2, 0.25) is 0 Å². The predicted molar refractivity (Wildman–Crippen MR) is 87.9 cm³/mol. The highest BCUT2D eigenvalue weighted by Crippen LogP contribution is 2.35. The average Bonchev–Trinajstić information content (AvgIpc) is 2.61.